The molecule has 0 saturated heterocycles. The molecule has 100 valence electrons. The Morgan fingerprint density at radius 3 is 2.63 bits per heavy atom. The van der Waals surface area contributed by atoms with Gasteiger partial charge in [-0.2, -0.15) is 0 Å². The predicted molar refractivity (Wildman–Crippen MR) is 86.6 cm³/mol. The van der Waals surface area contributed by atoms with Gasteiger partial charge in [-0.15, -0.1) is 28.7 Å². The summed E-state index contributed by atoms with van der Waals surface area (Å²) in [5.41, 5.74) is 2.34. The Bertz CT molecular complexity index is 561. The fourth-order valence-electron chi connectivity index (χ4n) is 2.22. The van der Waals surface area contributed by atoms with Crippen molar-refractivity contribution in [3.63, 3.8) is 0 Å². The minimum Gasteiger partial charge on any atom is -0.508 e. The van der Waals surface area contributed by atoms with E-state index in [4.69, 9.17) is 0 Å². The average Bonchev–Trinajstić information content (AvgIpc) is 2.81. The van der Waals surface area contributed by atoms with E-state index in [-0.39, 0.29) is 17.0 Å². The van der Waals surface area contributed by atoms with Crippen LogP contribution in [0.1, 0.15) is 5.56 Å². The van der Waals surface area contributed by atoms with E-state index in [1.807, 2.05) is 30.0 Å². The number of hydrogen-bond donors (Lipinski definition) is 1. The van der Waals surface area contributed by atoms with Crippen LogP contribution < -0.4 is 4.90 Å². The molecule has 0 aromatic heterocycles. The van der Waals surface area contributed by atoms with E-state index in [1.165, 1.54) is 10.6 Å². The Balaban J connectivity index is 0.00000133. The number of anilines is 1. The highest BCUT2D eigenvalue weighted by molar-refractivity contribution is 8.93. The van der Waals surface area contributed by atoms with Crippen LogP contribution in [0.15, 0.2) is 53.4 Å². The van der Waals surface area contributed by atoms with Gasteiger partial charge in [0, 0.05) is 11.4 Å². The van der Waals surface area contributed by atoms with Gasteiger partial charge < -0.3 is 10.0 Å². The van der Waals surface area contributed by atoms with Gasteiger partial charge in [0.2, 0.25) is 0 Å². The highest BCUT2D eigenvalue weighted by Crippen LogP contribution is 2.38. The third-order valence-electron chi connectivity index (χ3n) is 3.22. The smallest absolute Gasteiger partial charge is 0.118 e. The number of para-hydroxylation sites is 2. The number of fused-ring (bicyclic) bond motifs is 1. The van der Waals surface area contributed by atoms with Crippen LogP contribution in [0.3, 0.4) is 0 Å². The van der Waals surface area contributed by atoms with Crippen molar-refractivity contribution in [1.82, 2.24) is 0 Å². The van der Waals surface area contributed by atoms with Crippen LogP contribution in [-0.2, 0) is 6.42 Å². The maximum atomic E-state index is 9.76. The van der Waals surface area contributed by atoms with Crippen LogP contribution in [0.4, 0.5) is 5.69 Å². The molecule has 0 radical (unpaired) electrons. The molecule has 1 aliphatic rings. The van der Waals surface area contributed by atoms with Gasteiger partial charge >= 0.3 is 0 Å². The van der Waals surface area contributed by atoms with Crippen molar-refractivity contribution in [3.8, 4) is 5.75 Å². The van der Waals surface area contributed by atoms with Crippen LogP contribution in [0.25, 0.3) is 0 Å². The van der Waals surface area contributed by atoms with Gasteiger partial charge in [-0.1, -0.05) is 30.3 Å². The molecule has 2 aromatic carbocycles. The van der Waals surface area contributed by atoms with Crippen molar-refractivity contribution >= 4 is 34.4 Å². The van der Waals surface area contributed by atoms with Gasteiger partial charge in [-0.25, -0.2) is 0 Å². The van der Waals surface area contributed by atoms with Crippen molar-refractivity contribution in [3.05, 3.63) is 54.1 Å². The second kappa shape index (κ2) is 6.35. The second-order valence-corrected chi connectivity index (χ2v) is 5.37. The molecule has 1 N–H and O–H groups in total. The van der Waals surface area contributed by atoms with E-state index in [0.717, 1.165) is 24.4 Å². The summed E-state index contributed by atoms with van der Waals surface area (Å²) in [6.45, 7) is 0.946. The molecular weight excluding hydrogens is 322 g/mol. The molecule has 0 spiro atoms. The molecule has 3 rings (SSSR count). The highest BCUT2D eigenvalue weighted by Gasteiger charge is 2.18. The lowest BCUT2D eigenvalue weighted by atomic mass is 10.1. The maximum absolute atomic E-state index is 9.76. The summed E-state index contributed by atoms with van der Waals surface area (Å²) in [4.78, 5) is 3.72. The highest BCUT2D eigenvalue weighted by atomic mass is 79.9. The first-order valence-electron chi connectivity index (χ1n) is 6.08. The molecule has 2 aromatic rings. The molecule has 0 bridgehead atoms. The van der Waals surface area contributed by atoms with E-state index < -0.39 is 0 Å². The van der Waals surface area contributed by atoms with Crippen LogP contribution in [-0.4, -0.2) is 17.5 Å². The largest absolute Gasteiger partial charge is 0.508 e. The van der Waals surface area contributed by atoms with Crippen molar-refractivity contribution in [2.75, 3.05) is 17.3 Å². The van der Waals surface area contributed by atoms with Crippen LogP contribution in [0, 0.1) is 0 Å². The van der Waals surface area contributed by atoms with Crippen LogP contribution in [0.5, 0.6) is 5.75 Å². The molecule has 19 heavy (non-hydrogen) atoms. The summed E-state index contributed by atoms with van der Waals surface area (Å²) in [6, 6.07) is 16.1. The third kappa shape index (κ3) is 3.07. The Morgan fingerprint density at radius 2 is 1.79 bits per heavy atom. The normalized spacial score (nSPS) is 12.9. The number of aromatic hydroxyl groups is 1. The lowest BCUT2D eigenvalue weighted by molar-refractivity contribution is 0.468. The molecule has 0 amide bonds. The molecule has 0 aliphatic carbocycles. The van der Waals surface area contributed by atoms with Gasteiger partial charge in [-0.3, -0.25) is 0 Å². The second-order valence-electron chi connectivity index (χ2n) is 4.38. The minimum absolute atomic E-state index is 0. The molecule has 2 nitrogen and oxygen atoms in total. The Morgan fingerprint density at radius 1 is 1.05 bits per heavy atom. The zero-order chi connectivity index (χ0) is 12.4. The summed E-state index contributed by atoms with van der Waals surface area (Å²) in [5, 5.41) is 9.76. The van der Waals surface area contributed by atoms with E-state index in [9.17, 15) is 5.11 Å². The summed E-state index contributed by atoms with van der Waals surface area (Å²) in [6.07, 6.45) is 0.877. The number of halogens is 1. The zero-order valence-electron chi connectivity index (χ0n) is 10.5. The van der Waals surface area contributed by atoms with Crippen molar-refractivity contribution in [2.45, 2.75) is 11.3 Å². The number of benzene rings is 2. The monoisotopic (exact) mass is 337 g/mol. The van der Waals surface area contributed by atoms with Gasteiger partial charge in [0.1, 0.15) is 5.75 Å². The molecule has 4 heteroatoms. The van der Waals surface area contributed by atoms with Gasteiger partial charge in [0.25, 0.3) is 0 Å². The Kier molecular flexibility index (Phi) is 4.77. The standard InChI is InChI=1S/C15H15NOS.BrH/c17-14-7-3-1-5-12(14)9-10-16-11-18-15-8-4-2-6-13(15)16;/h1-8,17H,9-11H2;1H. The van der Waals surface area contributed by atoms with Crippen molar-refractivity contribution in [2.24, 2.45) is 0 Å². The predicted octanol–water partition coefficient (Wildman–Crippen LogP) is 4.08. The Labute approximate surface area is 128 Å². The lowest BCUT2D eigenvalue weighted by Gasteiger charge is -2.18. The summed E-state index contributed by atoms with van der Waals surface area (Å²) in [7, 11) is 0. The zero-order valence-corrected chi connectivity index (χ0v) is 13.0. The van der Waals surface area contributed by atoms with E-state index in [0.29, 0.717) is 5.75 Å². The van der Waals surface area contributed by atoms with Crippen LogP contribution in [0.2, 0.25) is 0 Å². The van der Waals surface area contributed by atoms with E-state index in [2.05, 4.69) is 29.2 Å². The number of rotatable bonds is 3. The minimum atomic E-state index is 0. The van der Waals surface area contributed by atoms with Gasteiger partial charge in [-0.05, 0) is 30.2 Å². The quantitative estimate of drug-likeness (QED) is 0.912. The first-order chi connectivity index (χ1) is 8.84. The number of nitrogens with zero attached hydrogens (tertiary/aromatic N) is 1. The fourth-order valence-corrected chi connectivity index (χ4v) is 3.30. The third-order valence-corrected chi connectivity index (χ3v) is 4.32. The molecule has 1 heterocycles. The first kappa shape index (κ1) is 14.3. The van der Waals surface area contributed by atoms with E-state index in [1.54, 1.807) is 6.07 Å². The van der Waals surface area contributed by atoms with E-state index >= 15 is 0 Å². The van der Waals surface area contributed by atoms with Gasteiger partial charge in [0.05, 0.1) is 11.6 Å². The first-order valence-corrected chi connectivity index (χ1v) is 7.07. The molecule has 1 aliphatic heterocycles. The summed E-state index contributed by atoms with van der Waals surface area (Å²) < 4.78 is 0. The number of phenolic OH excluding ortho intramolecular Hbond substituents is 1. The van der Waals surface area contributed by atoms with Crippen LogP contribution >= 0.6 is 28.7 Å². The molecule has 0 saturated carbocycles. The molecule has 0 unspecified atom stereocenters. The fraction of sp³-hybridized carbons (Fsp3) is 0.200. The number of hydrogen-bond acceptors (Lipinski definition) is 3. The summed E-state index contributed by atoms with van der Waals surface area (Å²) >= 11 is 1.88. The average molecular weight is 338 g/mol. The van der Waals surface area contributed by atoms with Crippen molar-refractivity contribution < 1.29 is 5.11 Å². The topological polar surface area (TPSA) is 23.5 Å². The van der Waals surface area contributed by atoms with Gasteiger partial charge in [0.15, 0.2) is 0 Å². The maximum Gasteiger partial charge on any atom is 0.118 e. The molecular formula is C15H16BrNOS. The lowest BCUT2D eigenvalue weighted by Crippen LogP contribution is -2.21. The number of thioether (sulfide) groups is 1. The summed E-state index contributed by atoms with van der Waals surface area (Å²) in [5.74, 6) is 1.41. The SMILES string of the molecule is Br.Oc1ccccc1CCN1CSc2ccccc21. The van der Waals surface area contributed by atoms with Crippen molar-refractivity contribution in [1.29, 1.82) is 0 Å². The number of phenols is 1. The molecule has 0 atom stereocenters. The Hall–Kier alpha value is -1.13. The molecule has 0 fully saturated rings.